The molecule has 57 heavy (non-hydrogen) atoms. The Morgan fingerprint density at radius 3 is 1.95 bits per heavy atom. The maximum atomic E-state index is 6.82. The highest BCUT2D eigenvalue weighted by atomic mass is 32.1. The van der Waals surface area contributed by atoms with Crippen molar-refractivity contribution >= 4 is 81.1 Å². The number of rotatable bonds is 5. The summed E-state index contributed by atoms with van der Waals surface area (Å²) in [6.07, 6.45) is -0.284. The molecular formula is C51H34N4OS. The molecule has 4 heterocycles. The van der Waals surface area contributed by atoms with Crippen molar-refractivity contribution < 1.29 is 4.42 Å². The molecule has 0 spiro atoms. The molecule has 0 radical (unpaired) electrons. The molecule has 11 aromatic rings. The van der Waals surface area contributed by atoms with Gasteiger partial charge < -0.3 is 14.3 Å². The Morgan fingerprint density at radius 2 is 1.18 bits per heavy atom. The number of para-hydroxylation sites is 3. The molecule has 3 aromatic heterocycles. The molecule has 2 unspecified atom stereocenters. The molecule has 0 fully saturated rings. The van der Waals surface area contributed by atoms with Crippen LogP contribution in [-0.2, 0) is 0 Å². The highest BCUT2D eigenvalue weighted by molar-refractivity contribution is 7.26. The lowest BCUT2D eigenvalue weighted by atomic mass is 10.0. The van der Waals surface area contributed by atoms with Crippen molar-refractivity contribution in [2.24, 2.45) is 4.99 Å². The zero-order chi connectivity index (χ0) is 37.5. The van der Waals surface area contributed by atoms with Gasteiger partial charge in [0.25, 0.3) is 0 Å². The van der Waals surface area contributed by atoms with Crippen LogP contribution in [0.2, 0.25) is 0 Å². The molecule has 6 heteroatoms. The van der Waals surface area contributed by atoms with Crippen molar-refractivity contribution in [3.05, 3.63) is 199 Å². The SMILES string of the molecule is c1ccc(C2N=C(c3cccc4c3sc3cc(-c5cccc6c5oc5cc(-n7c8ccccc8c8ccccc87)ccc56)ccc34)NC(c3ccccc3)N2)cc1. The van der Waals surface area contributed by atoms with E-state index in [2.05, 4.69) is 197 Å². The molecule has 0 saturated carbocycles. The summed E-state index contributed by atoms with van der Waals surface area (Å²) in [6.45, 7) is 0. The van der Waals surface area contributed by atoms with E-state index >= 15 is 0 Å². The molecule has 0 bridgehead atoms. The van der Waals surface area contributed by atoms with Crippen molar-refractivity contribution in [1.82, 2.24) is 15.2 Å². The summed E-state index contributed by atoms with van der Waals surface area (Å²) in [5.41, 5.74) is 10.9. The van der Waals surface area contributed by atoms with Gasteiger partial charge in [0.1, 0.15) is 29.3 Å². The van der Waals surface area contributed by atoms with Crippen LogP contribution < -0.4 is 10.6 Å². The summed E-state index contributed by atoms with van der Waals surface area (Å²) < 4.78 is 11.6. The van der Waals surface area contributed by atoms with Crippen molar-refractivity contribution in [1.29, 1.82) is 0 Å². The third-order valence-electron chi connectivity index (χ3n) is 11.5. The van der Waals surface area contributed by atoms with Crippen LogP contribution in [0, 0.1) is 0 Å². The Kier molecular flexibility index (Phi) is 7.24. The van der Waals surface area contributed by atoms with Gasteiger partial charge in [-0.3, -0.25) is 5.32 Å². The summed E-state index contributed by atoms with van der Waals surface area (Å²) in [4.78, 5) is 5.28. The predicted octanol–water partition coefficient (Wildman–Crippen LogP) is 13.1. The highest BCUT2D eigenvalue weighted by Gasteiger charge is 2.27. The Bertz CT molecular complexity index is 3320. The van der Waals surface area contributed by atoms with Gasteiger partial charge in [0.2, 0.25) is 0 Å². The fraction of sp³-hybridized carbons (Fsp3) is 0.0392. The van der Waals surface area contributed by atoms with Crippen molar-refractivity contribution in [3.8, 4) is 16.8 Å². The average Bonchev–Trinajstić information content (AvgIpc) is 3.96. The number of nitrogens with one attached hydrogen (secondary N) is 2. The lowest BCUT2D eigenvalue weighted by molar-refractivity contribution is 0.409. The Labute approximate surface area is 332 Å². The molecule has 5 nitrogen and oxygen atoms in total. The van der Waals surface area contributed by atoms with Gasteiger partial charge in [-0.05, 0) is 53.1 Å². The molecule has 2 atom stereocenters. The first kappa shape index (κ1) is 32.3. The summed E-state index contributed by atoms with van der Waals surface area (Å²) >= 11 is 1.82. The van der Waals surface area contributed by atoms with Crippen LogP contribution in [-0.4, -0.2) is 10.4 Å². The minimum atomic E-state index is -0.189. The predicted molar refractivity (Wildman–Crippen MR) is 238 cm³/mol. The fourth-order valence-corrected chi connectivity index (χ4v) is 10.1. The van der Waals surface area contributed by atoms with Crippen LogP contribution >= 0.6 is 11.3 Å². The highest BCUT2D eigenvalue weighted by Crippen LogP contribution is 2.42. The van der Waals surface area contributed by atoms with Crippen molar-refractivity contribution in [3.63, 3.8) is 0 Å². The zero-order valence-corrected chi connectivity index (χ0v) is 31.5. The Morgan fingerprint density at radius 1 is 0.526 bits per heavy atom. The maximum absolute atomic E-state index is 6.82. The van der Waals surface area contributed by atoms with Crippen LogP contribution in [0.5, 0.6) is 0 Å². The van der Waals surface area contributed by atoms with Crippen molar-refractivity contribution in [2.75, 3.05) is 0 Å². The average molecular weight is 751 g/mol. The van der Waals surface area contributed by atoms with Gasteiger partial charge in [0.15, 0.2) is 0 Å². The van der Waals surface area contributed by atoms with E-state index in [1.807, 2.05) is 11.3 Å². The lowest BCUT2D eigenvalue weighted by Gasteiger charge is -2.32. The first-order valence-electron chi connectivity index (χ1n) is 19.4. The van der Waals surface area contributed by atoms with E-state index in [1.165, 1.54) is 47.5 Å². The number of amidine groups is 1. The van der Waals surface area contributed by atoms with E-state index in [0.29, 0.717) is 0 Å². The largest absolute Gasteiger partial charge is 0.455 e. The summed E-state index contributed by atoms with van der Waals surface area (Å²) in [7, 11) is 0. The molecule has 12 rings (SSSR count). The monoisotopic (exact) mass is 750 g/mol. The fourth-order valence-electron chi connectivity index (χ4n) is 8.82. The number of nitrogens with zero attached hydrogens (tertiary/aromatic N) is 2. The van der Waals surface area contributed by atoms with E-state index in [0.717, 1.165) is 55.7 Å². The van der Waals surface area contributed by atoms with Gasteiger partial charge in [-0.25, -0.2) is 4.99 Å². The smallest absolute Gasteiger partial charge is 0.143 e. The lowest BCUT2D eigenvalue weighted by Crippen LogP contribution is -2.44. The first-order valence-corrected chi connectivity index (χ1v) is 20.2. The zero-order valence-electron chi connectivity index (χ0n) is 30.7. The van der Waals surface area contributed by atoms with Crippen molar-refractivity contribution in [2.45, 2.75) is 12.3 Å². The molecular weight excluding hydrogens is 717 g/mol. The van der Waals surface area contributed by atoms with Gasteiger partial charge in [0, 0.05) is 64.6 Å². The number of hydrogen-bond acceptors (Lipinski definition) is 5. The number of aliphatic imine (C=N–C) groups is 1. The standard InChI is InChI=1S/C51H34N4OS/c1-3-13-31(14-4-1)49-52-50(32-15-5-2-6-16-32)54-51(53-49)42-22-12-21-41-39-27-25-33(29-46(39)57-48(41)42)35-19-11-20-40-38-28-26-34(30-45(38)56-47(35)40)55-43-23-9-7-17-36(43)37-18-8-10-24-44(37)55/h1-30,49-50,52H,(H,53,54). The summed E-state index contributed by atoms with van der Waals surface area (Å²) in [5.74, 6) is 0.890. The number of benzene rings is 8. The Hall–Kier alpha value is -6.99. The van der Waals surface area contributed by atoms with E-state index in [9.17, 15) is 0 Å². The maximum Gasteiger partial charge on any atom is 0.143 e. The van der Waals surface area contributed by atoms with Gasteiger partial charge >= 0.3 is 0 Å². The number of thiophene rings is 1. The molecule has 2 N–H and O–H groups in total. The third kappa shape index (κ3) is 5.15. The molecule has 270 valence electrons. The quantitative estimate of drug-likeness (QED) is 0.184. The van der Waals surface area contributed by atoms with Gasteiger partial charge in [0.05, 0.1) is 11.0 Å². The number of hydrogen-bond donors (Lipinski definition) is 2. The second-order valence-corrected chi connectivity index (χ2v) is 15.8. The molecule has 0 saturated heterocycles. The van der Waals surface area contributed by atoms with Crippen LogP contribution in [0.25, 0.3) is 80.7 Å². The molecule has 1 aliphatic heterocycles. The molecule has 8 aromatic carbocycles. The summed E-state index contributed by atoms with van der Waals surface area (Å²) in [5, 5.41) is 14.7. The topological polar surface area (TPSA) is 54.5 Å². The van der Waals surface area contributed by atoms with Gasteiger partial charge in [-0.15, -0.1) is 11.3 Å². The second-order valence-electron chi connectivity index (χ2n) is 14.8. The molecule has 0 amide bonds. The minimum Gasteiger partial charge on any atom is -0.455 e. The van der Waals surface area contributed by atoms with Gasteiger partial charge in [-0.1, -0.05) is 140 Å². The number of aromatic nitrogens is 1. The molecule has 0 aliphatic carbocycles. The van der Waals surface area contributed by atoms with Crippen LogP contribution in [0.1, 0.15) is 29.0 Å². The Balaban J connectivity index is 0.963. The third-order valence-corrected chi connectivity index (χ3v) is 12.7. The van der Waals surface area contributed by atoms with E-state index in [4.69, 9.17) is 9.41 Å². The normalized spacial score (nSPS) is 15.9. The number of fused-ring (bicyclic) bond motifs is 9. The van der Waals surface area contributed by atoms with Crippen LogP contribution in [0.3, 0.4) is 0 Å². The minimum absolute atomic E-state index is 0.0949. The van der Waals surface area contributed by atoms with Gasteiger partial charge in [-0.2, -0.15) is 0 Å². The van der Waals surface area contributed by atoms with E-state index in [-0.39, 0.29) is 12.3 Å². The second kappa shape index (κ2) is 12.8. The summed E-state index contributed by atoms with van der Waals surface area (Å²) in [6, 6.07) is 64.8. The molecule has 1 aliphatic rings. The first-order chi connectivity index (χ1) is 28.2. The van der Waals surface area contributed by atoms with Crippen LogP contribution in [0.15, 0.2) is 191 Å². The number of furan rings is 1. The van der Waals surface area contributed by atoms with E-state index < -0.39 is 0 Å². The van der Waals surface area contributed by atoms with E-state index in [1.54, 1.807) is 0 Å². The van der Waals surface area contributed by atoms with Crippen LogP contribution in [0.4, 0.5) is 0 Å².